The van der Waals surface area contributed by atoms with E-state index in [0.29, 0.717) is 12.8 Å². The molecule has 0 amide bonds. The van der Waals surface area contributed by atoms with Crippen molar-refractivity contribution in [1.82, 2.24) is 0 Å². The Morgan fingerprint density at radius 2 is 2.00 bits per heavy atom. The number of phosphoric acid groups is 1. The highest BCUT2D eigenvalue weighted by atomic mass is 31.2. The van der Waals surface area contributed by atoms with Gasteiger partial charge in [-0.3, -0.25) is 14.6 Å². The van der Waals surface area contributed by atoms with E-state index in [4.69, 9.17) is 9.79 Å². The second kappa shape index (κ2) is 6.17. The van der Waals surface area contributed by atoms with Crippen molar-refractivity contribution in [1.29, 1.82) is 0 Å². The molecule has 0 aliphatic carbocycles. The Kier molecular flexibility index (Phi) is 6.00. The van der Waals surface area contributed by atoms with Crippen molar-refractivity contribution in [3.8, 4) is 0 Å². The third-order valence-electron chi connectivity index (χ3n) is 1.94. The van der Waals surface area contributed by atoms with Crippen molar-refractivity contribution in [2.75, 3.05) is 0 Å². The summed E-state index contributed by atoms with van der Waals surface area (Å²) in [6.45, 7) is 3.78. The van der Waals surface area contributed by atoms with Gasteiger partial charge in [-0.15, -0.1) is 0 Å². The monoisotopic (exact) mass is 224 g/mol. The standard InChI is InChI=1S/C8H17O5P/c1-3-5-6-7(4-2)8(9)13-14(10,11)12/h7H,3-6H2,1-2H3,(H2,10,11,12). The van der Waals surface area contributed by atoms with Crippen LogP contribution in [0.4, 0.5) is 0 Å². The maximum Gasteiger partial charge on any atom is 0.526 e. The number of phosphoric ester groups is 1. The molecule has 0 saturated heterocycles. The first-order valence-electron chi connectivity index (χ1n) is 4.69. The Morgan fingerprint density at radius 1 is 1.43 bits per heavy atom. The number of hydrogen-bond acceptors (Lipinski definition) is 3. The van der Waals surface area contributed by atoms with E-state index >= 15 is 0 Å². The van der Waals surface area contributed by atoms with Gasteiger partial charge >= 0.3 is 13.8 Å². The maximum absolute atomic E-state index is 11.2. The van der Waals surface area contributed by atoms with Crippen molar-refractivity contribution in [2.45, 2.75) is 39.5 Å². The van der Waals surface area contributed by atoms with Crippen molar-refractivity contribution in [3.63, 3.8) is 0 Å². The molecule has 0 heterocycles. The molecule has 0 aliphatic heterocycles. The lowest BCUT2D eigenvalue weighted by atomic mass is 10.00. The molecule has 84 valence electrons. The van der Waals surface area contributed by atoms with Crippen LogP contribution < -0.4 is 0 Å². The number of unbranched alkanes of at least 4 members (excludes halogenated alkanes) is 1. The zero-order valence-electron chi connectivity index (χ0n) is 8.47. The Balaban J connectivity index is 4.11. The van der Waals surface area contributed by atoms with Gasteiger partial charge in [-0.2, -0.15) is 0 Å². The fourth-order valence-corrected chi connectivity index (χ4v) is 1.51. The van der Waals surface area contributed by atoms with Crippen LogP contribution in [0.5, 0.6) is 0 Å². The van der Waals surface area contributed by atoms with Crippen LogP contribution in [0.2, 0.25) is 0 Å². The first-order chi connectivity index (χ1) is 6.40. The van der Waals surface area contributed by atoms with Crippen LogP contribution in [-0.2, 0) is 13.9 Å². The van der Waals surface area contributed by atoms with E-state index in [0.717, 1.165) is 12.8 Å². The smallest absolute Gasteiger partial charge is 0.370 e. The van der Waals surface area contributed by atoms with E-state index in [2.05, 4.69) is 4.52 Å². The zero-order chi connectivity index (χ0) is 11.2. The molecule has 5 nitrogen and oxygen atoms in total. The number of carbonyl (C=O) groups is 1. The minimum Gasteiger partial charge on any atom is -0.370 e. The normalized spacial score (nSPS) is 13.7. The number of rotatable bonds is 6. The van der Waals surface area contributed by atoms with Crippen LogP contribution in [0.25, 0.3) is 0 Å². The van der Waals surface area contributed by atoms with Gasteiger partial charge in [-0.1, -0.05) is 26.7 Å². The van der Waals surface area contributed by atoms with Crippen LogP contribution in [0, 0.1) is 5.92 Å². The second-order valence-electron chi connectivity index (χ2n) is 3.15. The van der Waals surface area contributed by atoms with E-state index < -0.39 is 19.7 Å². The predicted molar refractivity (Wildman–Crippen MR) is 51.4 cm³/mol. The van der Waals surface area contributed by atoms with Gasteiger partial charge in [0, 0.05) is 0 Å². The molecule has 0 aromatic heterocycles. The van der Waals surface area contributed by atoms with E-state index in [1.165, 1.54) is 0 Å². The lowest BCUT2D eigenvalue weighted by molar-refractivity contribution is -0.140. The summed E-state index contributed by atoms with van der Waals surface area (Å²) in [5.74, 6) is -1.20. The third-order valence-corrected chi connectivity index (χ3v) is 2.36. The SMILES string of the molecule is CCCCC(CC)C(=O)OP(=O)(O)O. The predicted octanol–water partition coefficient (Wildman–Crippen LogP) is 1.84. The Morgan fingerprint density at radius 3 is 2.36 bits per heavy atom. The van der Waals surface area contributed by atoms with Gasteiger partial charge in [0.2, 0.25) is 0 Å². The molecular formula is C8H17O5P. The summed E-state index contributed by atoms with van der Waals surface area (Å²) in [6.07, 6.45) is 2.96. The summed E-state index contributed by atoms with van der Waals surface area (Å²) in [5.41, 5.74) is 0. The van der Waals surface area contributed by atoms with Gasteiger partial charge in [0.25, 0.3) is 0 Å². The number of carbonyl (C=O) groups excluding carboxylic acids is 1. The summed E-state index contributed by atoms with van der Waals surface area (Å²) in [7, 11) is -4.67. The van der Waals surface area contributed by atoms with Crippen molar-refractivity contribution in [2.24, 2.45) is 5.92 Å². The maximum atomic E-state index is 11.2. The average Bonchev–Trinajstić information content (AvgIpc) is 2.02. The third kappa shape index (κ3) is 6.13. The quantitative estimate of drug-likeness (QED) is 0.672. The van der Waals surface area contributed by atoms with Gasteiger partial charge in [0.1, 0.15) is 0 Å². The highest BCUT2D eigenvalue weighted by Crippen LogP contribution is 2.37. The summed E-state index contributed by atoms with van der Waals surface area (Å²) in [4.78, 5) is 28.0. The van der Waals surface area contributed by atoms with Crippen LogP contribution in [0.3, 0.4) is 0 Å². The molecule has 14 heavy (non-hydrogen) atoms. The zero-order valence-corrected chi connectivity index (χ0v) is 9.37. The number of hydrogen-bond donors (Lipinski definition) is 2. The molecule has 0 fully saturated rings. The van der Waals surface area contributed by atoms with Gasteiger partial charge in [-0.05, 0) is 12.8 Å². The van der Waals surface area contributed by atoms with Gasteiger partial charge < -0.3 is 4.52 Å². The lowest BCUT2D eigenvalue weighted by Gasteiger charge is -2.13. The minimum absolute atomic E-state index is 0.400. The molecule has 0 aromatic rings. The second-order valence-corrected chi connectivity index (χ2v) is 4.31. The average molecular weight is 224 g/mol. The Labute approximate surface area is 83.7 Å². The van der Waals surface area contributed by atoms with E-state index in [-0.39, 0.29) is 0 Å². The first kappa shape index (κ1) is 13.6. The summed E-state index contributed by atoms with van der Waals surface area (Å²) in [5, 5.41) is 0. The van der Waals surface area contributed by atoms with Gasteiger partial charge in [0.15, 0.2) is 0 Å². The summed E-state index contributed by atoms with van der Waals surface area (Å²) >= 11 is 0. The molecule has 2 N–H and O–H groups in total. The van der Waals surface area contributed by atoms with Crippen molar-refractivity contribution >= 4 is 13.8 Å². The molecule has 0 bridgehead atoms. The Bertz CT molecular complexity index is 222. The molecule has 6 heteroatoms. The molecule has 0 spiro atoms. The van der Waals surface area contributed by atoms with Crippen LogP contribution >= 0.6 is 7.82 Å². The van der Waals surface area contributed by atoms with Gasteiger partial charge in [0.05, 0.1) is 5.92 Å². The molecule has 0 aromatic carbocycles. The molecule has 0 saturated carbocycles. The first-order valence-corrected chi connectivity index (χ1v) is 6.22. The van der Waals surface area contributed by atoms with Crippen LogP contribution in [-0.4, -0.2) is 15.8 Å². The van der Waals surface area contributed by atoms with Crippen molar-refractivity contribution in [3.05, 3.63) is 0 Å². The van der Waals surface area contributed by atoms with E-state index in [1.54, 1.807) is 6.92 Å². The summed E-state index contributed by atoms with van der Waals surface area (Å²) < 4.78 is 14.4. The van der Waals surface area contributed by atoms with Crippen LogP contribution in [0.1, 0.15) is 39.5 Å². The fourth-order valence-electron chi connectivity index (χ4n) is 1.13. The molecule has 1 unspecified atom stereocenters. The van der Waals surface area contributed by atoms with Crippen LogP contribution in [0.15, 0.2) is 0 Å². The van der Waals surface area contributed by atoms with Crippen molar-refractivity contribution < 1.29 is 23.7 Å². The molecule has 0 radical (unpaired) electrons. The summed E-state index contributed by atoms with van der Waals surface area (Å²) in [6, 6.07) is 0. The molecule has 0 rings (SSSR count). The minimum atomic E-state index is -4.67. The fraction of sp³-hybridized carbons (Fsp3) is 0.875. The Hall–Kier alpha value is -0.380. The molecular weight excluding hydrogens is 207 g/mol. The highest BCUT2D eigenvalue weighted by Gasteiger charge is 2.26. The molecule has 1 atom stereocenters. The highest BCUT2D eigenvalue weighted by molar-refractivity contribution is 7.46. The largest absolute Gasteiger partial charge is 0.526 e. The molecule has 0 aliphatic rings. The van der Waals surface area contributed by atoms with E-state index in [9.17, 15) is 9.36 Å². The lowest BCUT2D eigenvalue weighted by Crippen LogP contribution is -2.15. The van der Waals surface area contributed by atoms with Gasteiger partial charge in [-0.25, -0.2) is 4.57 Å². The van der Waals surface area contributed by atoms with E-state index in [1.807, 2.05) is 6.92 Å². The topological polar surface area (TPSA) is 83.8 Å².